The molecule has 0 saturated heterocycles. The molecule has 2 rings (SSSR count). The van der Waals surface area contributed by atoms with Crippen LogP contribution in [0.5, 0.6) is 0 Å². The highest BCUT2D eigenvalue weighted by atomic mass is 32.2. The van der Waals surface area contributed by atoms with E-state index in [1.54, 1.807) is 0 Å². The maximum Gasteiger partial charge on any atom is 0.232 e. The second-order valence-corrected chi connectivity index (χ2v) is 7.99. The van der Waals surface area contributed by atoms with E-state index in [1.165, 1.54) is 10.6 Å². The van der Waals surface area contributed by atoms with E-state index in [0.29, 0.717) is 12.2 Å². The fourth-order valence-electron chi connectivity index (χ4n) is 2.73. The minimum absolute atomic E-state index is 0.105. The second-order valence-electron chi connectivity index (χ2n) is 6.09. The van der Waals surface area contributed by atoms with Crippen LogP contribution in [0, 0.1) is 13.8 Å². The topological polar surface area (TPSA) is 66.5 Å². The Labute approximate surface area is 149 Å². The maximum absolute atomic E-state index is 12.2. The predicted octanol–water partition coefficient (Wildman–Crippen LogP) is 2.78. The van der Waals surface area contributed by atoms with Gasteiger partial charge in [-0.3, -0.25) is 9.10 Å². The van der Waals surface area contributed by atoms with E-state index in [2.05, 4.69) is 5.32 Å². The summed E-state index contributed by atoms with van der Waals surface area (Å²) in [6.45, 7) is 4.29. The minimum atomic E-state index is -3.47. The number of para-hydroxylation sites is 1. The van der Waals surface area contributed by atoms with E-state index < -0.39 is 10.0 Å². The Balaban J connectivity index is 2.05. The summed E-state index contributed by atoms with van der Waals surface area (Å²) < 4.78 is 25.8. The van der Waals surface area contributed by atoms with Crippen molar-refractivity contribution >= 4 is 21.6 Å². The fourth-order valence-corrected chi connectivity index (χ4v) is 3.77. The SMILES string of the molecule is Cc1cccc(C)c1N(CCC(=O)NCc1ccccc1)S(C)(=O)=O. The molecule has 134 valence electrons. The predicted molar refractivity (Wildman–Crippen MR) is 101 cm³/mol. The van der Waals surface area contributed by atoms with Gasteiger partial charge in [0.15, 0.2) is 0 Å². The number of carbonyl (C=O) groups excluding carboxylic acids is 1. The van der Waals surface area contributed by atoms with Crippen LogP contribution in [0.4, 0.5) is 5.69 Å². The molecule has 1 amide bonds. The zero-order valence-corrected chi connectivity index (χ0v) is 15.6. The van der Waals surface area contributed by atoms with Crippen LogP contribution in [0.2, 0.25) is 0 Å². The van der Waals surface area contributed by atoms with Crippen LogP contribution >= 0.6 is 0 Å². The van der Waals surface area contributed by atoms with Gasteiger partial charge < -0.3 is 5.32 Å². The summed E-state index contributed by atoms with van der Waals surface area (Å²) in [6, 6.07) is 15.2. The molecular weight excluding hydrogens is 336 g/mol. The molecule has 0 radical (unpaired) electrons. The van der Waals surface area contributed by atoms with Crippen LogP contribution in [0.1, 0.15) is 23.1 Å². The highest BCUT2D eigenvalue weighted by Crippen LogP contribution is 2.26. The monoisotopic (exact) mass is 360 g/mol. The molecular formula is C19H24N2O3S. The first kappa shape index (κ1) is 19.0. The van der Waals surface area contributed by atoms with E-state index in [4.69, 9.17) is 0 Å². The fraction of sp³-hybridized carbons (Fsp3) is 0.316. The number of nitrogens with one attached hydrogen (secondary N) is 1. The largest absolute Gasteiger partial charge is 0.352 e. The van der Waals surface area contributed by atoms with Crippen LogP contribution in [0.25, 0.3) is 0 Å². The molecule has 0 aromatic heterocycles. The summed E-state index contributed by atoms with van der Waals surface area (Å²) >= 11 is 0. The molecule has 0 heterocycles. The van der Waals surface area contributed by atoms with Crippen LogP contribution in [0.15, 0.2) is 48.5 Å². The Morgan fingerprint density at radius 3 is 2.16 bits per heavy atom. The maximum atomic E-state index is 12.2. The standard InChI is InChI=1S/C19H24N2O3S/c1-15-8-7-9-16(2)19(15)21(25(3,23)24)13-12-18(22)20-14-17-10-5-4-6-11-17/h4-11H,12-14H2,1-3H3,(H,20,22). The zero-order valence-electron chi connectivity index (χ0n) is 14.8. The Morgan fingerprint density at radius 1 is 1.00 bits per heavy atom. The summed E-state index contributed by atoms with van der Waals surface area (Å²) in [4.78, 5) is 12.1. The summed E-state index contributed by atoms with van der Waals surface area (Å²) in [7, 11) is -3.47. The van der Waals surface area contributed by atoms with Gasteiger partial charge in [-0.2, -0.15) is 0 Å². The van der Waals surface area contributed by atoms with Gasteiger partial charge in [0.2, 0.25) is 15.9 Å². The Kier molecular flexibility index (Phi) is 6.20. The van der Waals surface area contributed by atoms with E-state index in [9.17, 15) is 13.2 Å². The van der Waals surface area contributed by atoms with Gasteiger partial charge in [-0.15, -0.1) is 0 Å². The number of benzene rings is 2. The molecule has 0 fully saturated rings. The molecule has 25 heavy (non-hydrogen) atoms. The van der Waals surface area contributed by atoms with E-state index in [1.807, 2.05) is 62.4 Å². The lowest BCUT2D eigenvalue weighted by atomic mass is 10.1. The molecule has 0 unspecified atom stereocenters. The van der Waals surface area contributed by atoms with Crippen molar-refractivity contribution in [2.24, 2.45) is 0 Å². The molecule has 6 heteroatoms. The van der Waals surface area contributed by atoms with Crippen LogP contribution < -0.4 is 9.62 Å². The molecule has 0 saturated carbocycles. The third-order valence-corrected chi connectivity index (χ3v) is 5.13. The zero-order chi connectivity index (χ0) is 18.4. The molecule has 0 atom stereocenters. The molecule has 0 bridgehead atoms. The van der Waals surface area contributed by atoms with Crippen molar-refractivity contribution in [2.75, 3.05) is 17.1 Å². The van der Waals surface area contributed by atoms with Crippen molar-refractivity contribution in [3.05, 3.63) is 65.2 Å². The van der Waals surface area contributed by atoms with Crippen LogP contribution in [-0.4, -0.2) is 27.1 Å². The minimum Gasteiger partial charge on any atom is -0.352 e. The summed E-state index contributed by atoms with van der Waals surface area (Å²) in [5, 5.41) is 2.83. The number of nitrogens with zero attached hydrogens (tertiary/aromatic N) is 1. The van der Waals surface area contributed by atoms with Gasteiger partial charge in [0.05, 0.1) is 11.9 Å². The molecule has 0 aliphatic heterocycles. The number of hydrogen-bond acceptors (Lipinski definition) is 3. The molecule has 2 aromatic carbocycles. The smallest absolute Gasteiger partial charge is 0.232 e. The van der Waals surface area contributed by atoms with E-state index in [-0.39, 0.29) is 18.9 Å². The van der Waals surface area contributed by atoms with Gasteiger partial charge in [0.25, 0.3) is 0 Å². The average molecular weight is 360 g/mol. The van der Waals surface area contributed by atoms with E-state index in [0.717, 1.165) is 16.7 Å². The number of rotatable bonds is 7. The molecule has 0 aliphatic carbocycles. The van der Waals surface area contributed by atoms with Crippen molar-refractivity contribution < 1.29 is 13.2 Å². The van der Waals surface area contributed by atoms with Gasteiger partial charge in [-0.25, -0.2) is 8.42 Å². The first-order valence-corrected chi connectivity index (χ1v) is 9.98. The van der Waals surface area contributed by atoms with Gasteiger partial charge in [-0.1, -0.05) is 48.5 Å². The Bertz CT molecular complexity index is 813. The number of carbonyl (C=O) groups is 1. The van der Waals surface area contributed by atoms with Gasteiger partial charge in [0.1, 0.15) is 0 Å². The highest BCUT2D eigenvalue weighted by Gasteiger charge is 2.21. The molecule has 0 aliphatic rings. The van der Waals surface area contributed by atoms with E-state index >= 15 is 0 Å². The van der Waals surface area contributed by atoms with Crippen LogP contribution in [-0.2, 0) is 21.4 Å². The summed E-state index contributed by atoms with van der Waals surface area (Å²) in [5.41, 5.74) is 3.40. The normalized spacial score (nSPS) is 11.2. The number of anilines is 1. The number of amides is 1. The lowest BCUT2D eigenvalue weighted by Gasteiger charge is -2.25. The Hall–Kier alpha value is -2.34. The van der Waals surface area contributed by atoms with Crippen LogP contribution in [0.3, 0.4) is 0 Å². The molecule has 5 nitrogen and oxygen atoms in total. The lowest BCUT2D eigenvalue weighted by Crippen LogP contribution is -2.35. The number of sulfonamides is 1. The van der Waals surface area contributed by atoms with Crippen molar-refractivity contribution in [1.82, 2.24) is 5.32 Å². The second kappa shape index (κ2) is 8.16. The lowest BCUT2D eigenvalue weighted by molar-refractivity contribution is -0.121. The van der Waals surface area contributed by atoms with Gasteiger partial charge in [-0.05, 0) is 30.5 Å². The molecule has 1 N–H and O–H groups in total. The number of hydrogen-bond donors (Lipinski definition) is 1. The van der Waals surface area contributed by atoms with Gasteiger partial charge >= 0.3 is 0 Å². The third kappa shape index (κ3) is 5.32. The summed E-state index contributed by atoms with van der Waals surface area (Å²) in [5.74, 6) is -0.177. The van der Waals surface area contributed by atoms with Crippen molar-refractivity contribution in [1.29, 1.82) is 0 Å². The Morgan fingerprint density at radius 2 is 1.60 bits per heavy atom. The molecule has 0 spiro atoms. The number of aryl methyl sites for hydroxylation is 2. The average Bonchev–Trinajstić information content (AvgIpc) is 2.55. The quantitative estimate of drug-likeness (QED) is 0.826. The van der Waals surface area contributed by atoms with Crippen molar-refractivity contribution in [3.63, 3.8) is 0 Å². The van der Waals surface area contributed by atoms with Crippen molar-refractivity contribution in [2.45, 2.75) is 26.8 Å². The first-order valence-electron chi connectivity index (χ1n) is 8.13. The van der Waals surface area contributed by atoms with Gasteiger partial charge in [0, 0.05) is 19.5 Å². The van der Waals surface area contributed by atoms with Crippen molar-refractivity contribution in [3.8, 4) is 0 Å². The summed E-state index contributed by atoms with van der Waals surface area (Å²) in [6.07, 6.45) is 1.27. The first-order chi connectivity index (χ1) is 11.8. The third-order valence-electron chi connectivity index (χ3n) is 3.96. The highest BCUT2D eigenvalue weighted by molar-refractivity contribution is 7.92. The molecule has 2 aromatic rings.